The summed E-state index contributed by atoms with van der Waals surface area (Å²) in [6.07, 6.45) is 0. The summed E-state index contributed by atoms with van der Waals surface area (Å²) < 4.78 is 1.72. The number of carbonyl (C=O) groups excluding carboxylic acids is 1. The fourth-order valence-corrected chi connectivity index (χ4v) is 3.28. The second-order valence-electron chi connectivity index (χ2n) is 7.22. The maximum atomic E-state index is 12.9. The van der Waals surface area contributed by atoms with E-state index in [1.165, 1.54) is 0 Å². The molecule has 0 unspecified atom stereocenters. The van der Waals surface area contributed by atoms with E-state index in [1.54, 1.807) is 16.8 Å². The van der Waals surface area contributed by atoms with Crippen molar-refractivity contribution in [3.8, 4) is 17.1 Å². The lowest BCUT2D eigenvalue weighted by atomic mass is 10.1. The Balaban J connectivity index is 1.79. The van der Waals surface area contributed by atoms with E-state index in [0.717, 1.165) is 27.9 Å². The lowest BCUT2D eigenvalue weighted by molar-refractivity contribution is 0.101. The minimum atomic E-state index is -0.363. The van der Waals surface area contributed by atoms with Crippen LogP contribution in [-0.4, -0.2) is 20.7 Å². The third-order valence-electron chi connectivity index (χ3n) is 5.03. The van der Waals surface area contributed by atoms with E-state index in [0.29, 0.717) is 16.5 Å². The minimum Gasteiger partial charge on any atom is -0.319 e. The van der Waals surface area contributed by atoms with Crippen LogP contribution >= 0.6 is 11.6 Å². The van der Waals surface area contributed by atoms with E-state index in [-0.39, 0.29) is 11.7 Å². The van der Waals surface area contributed by atoms with E-state index < -0.39 is 0 Å². The molecule has 5 nitrogen and oxygen atoms in total. The summed E-state index contributed by atoms with van der Waals surface area (Å²) in [4.78, 5) is 17.4. The molecule has 0 bridgehead atoms. The third kappa shape index (κ3) is 3.98. The number of carbonyl (C=O) groups is 1. The zero-order valence-corrected chi connectivity index (χ0v) is 17.7. The van der Waals surface area contributed by atoms with Crippen LogP contribution in [0.25, 0.3) is 17.1 Å². The predicted octanol–water partition coefficient (Wildman–Crippen LogP) is 5.77. The number of benzene rings is 3. The first-order valence-electron chi connectivity index (χ1n) is 9.60. The molecule has 0 fully saturated rings. The van der Waals surface area contributed by atoms with Crippen LogP contribution in [0.4, 0.5) is 5.69 Å². The maximum Gasteiger partial charge on any atom is 0.295 e. The van der Waals surface area contributed by atoms with Gasteiger partial charge in [0.25, 0.3) is 5.91 Å². The Bertz CT molecular complexity index is 1210. The summed E-state index contributed by atoms with van der Waals surface area (Å²) in [5.74, 6) is 0.314. The normalized spacial score (nSPS) is 10.8. The van der Waals surface area contributed by atoms with E-state index in [1.807, 2.05) is 75.4 Å². The molecule has 0 saturated carbocycles. The number of nitrogens with zero attached hydrogens (tertiary/aromatic N) is 3. The first-order chi connectivity index (χ1) is 14.4. The molecule has 0 aliphatic carbocycles. The number of hydrogen-bond acceptors (Lipinski definition) is 3. The van der Waals surface area contributed by atoms with Crippen LogP contribution < -0.4 is 5.32 Å². The van der Waals surface area contributed by atoms with Crippen molar-refractivity contribution in [1.82, 2.24) is 14.8 Å². The summed E-state index contributed by atoms with van der Waals surface area (Å²) in [5, 5.41) is 8.05. The Labute approximate surface area is 180 Å². The second-order valence-corrected chi connectivity index (χ2v) is 7.65. The van der Waals surface area contributed by atoms with Gasteiger partial charge < -0.3 is 5.32 Å². The summed E-state index contributed by atoms with van der Waals surface area (Å²) in [6, 6.07) is 20.9. The van der Waals surface area contributed by atoms with Crippen molar-refractivity contribution < 1.29 is 4.79 Å². The average Bonchev–Trinajstić information content (AvgIpc) is 3.17. The number of amides is 1. The molecule has 4 aromatic rings. The summed E-state index contributed by atoms with van der Waals surface area (Å²) >= 11 is 6.05. The van der Waals surface area contributed by atoms with Gasteiger partial charge in [-0.25, -0.2) is 9.67 Å². The van der Waals surface area contributed by atoms with Crippen LogP contribution in [0.3, 0.4) is 0 Å². The van der Waals surface area contributed by atoms with Gasteiger partial charge in [-0.2, -0.15) is 0 Å². The van der Waals surface area contributed by atoms with E-state index in [9.17, 15) is 4.79 Å². The average molecular weight is 417 g/mol. The summed E-state index contributed by atoms with van der Waals surface area (Å²) in [7, 11) is 0. The highest BCUT2D eigenvalue weighted by Gasteiger charge is 2.20. The molecule has 0 aliphatic heterocycles. The van der Waals surface area contributed by atoms with Crippen LogP contribution in [0.15, 0.2) is 66.7 Å². The molecule has 150 valence electrons. The van der Waals surface area contributed by atoms with E-state index in [2.05, 4.69) is 15.4 Å². The largest absolute Gasteiger partial charge is 0.319 e. The van der Waals surface area contributed by atoms with Crippen molar-refractivity contribution in [2.24, 2.45) is 0 Å². The molecular formula is C24H21ClN4O. The Kier molecular flexibility index (Phi) is 5.38. The summed E-state index contributed by atoms with van der Waals surface area (Å²) in [6.45, 7) is 6.07. The van der Waals surface area contributed by atoms with Gasteiger partial charge in [0.1, 0.15) is 0 Å². The highest BCUT2D eigenvalue weighted by atomic mass is 35.5. The fourth-order valence-electron chi connectivity index (χ4n) is 3.15. The highest BCUT2D eigenvalue weighted by molar-refractivity contribution is 6.30. The molecule has 1 amide bonds. The van der Waals surface area contributed by atoms with Crippen molar-refractivity contribution in [2.45, 2.75) is 20.8 Å². The monoisotopic (exact) mass is 416 g/mol. The second kappa shape index (κ2) is 8.13. The zero-order chi connectivity index (χ0) is 21.3. The van der Waals surface area contributed by atoms with Gasteiger partial charge in [0.05, 0.1) is 5.69 Å². The number of rotatable bonds is 4. The topological polar surface area (TPSA) is 59.8 Å². The number of anilines is 1. The molecule has 0 aliphatic rings. The van der Waals surface area contributed by atoms with Crippen molar-refractivity contribution in [1.29, 1.82) is 0 Å². The maximum absolute atomic E-state index is 12.9. The molecule has 1 heterocycles. The zero-order valence-electron chi connectivity index (χ0n) is 17.0. The van der Waals surface area contributed by atoms with Crippen molar-refractivity contribution in [2.75, 3.05) is 5.32 Å². The SMILES string of the molecule is Cc1ccc(NC(=O)c2nc(-c3ccc(Cl)cc3)n(-c3cccc(C)c3C)n2)cc1. The van der Waals surface area contributed by atoms with Gasteiger partial charge in [0.15, 0.2) is 5.82 Å². The fraction of sp³-hybridized carbons (Fsp3) is 0.125. The number of aromatic nitrogens is 3. The Morgan fingerprint density at radius 2 is 1.63 bits per heavy atom. The van der Waals surface area contributed by atoms with Crippen molar-refractivity contribution in [3.63, 3.8) is 0 Å². The van der Waals surface area contributed by atoms with E-state index in [4.69, 9.17) is 11.6 Å². The predicted molar refractivity (Wildman–Crippen MR) is 120 cm³/mol. The molecule has 1 N–H and O–H groups in total. The molecule has 30 heavy (non-hydrogen) atoms. The molecular weight excluding hydrogens is 396 g/mol. The lowest BCUT2D eigenvalue weighted by Crippen LogP contribution is -2.14. The van der Waals surface area contributed by atoms with Crippen molar-refractivity contribution in [3.05, 3.63) is 94.3 Å². The number of nitrogens with one attached hydrogen (secondary N) is 1. The molecule has 0 radical (unpaired) electrons. The molecule has 1 aromatic heterocycles. The molecule has 4 rings (SSSR count). The molecule has 0 atom stereocenters. The van der Waals surface area contributed by atoms with Crippen LogP contribution in [-0.2, 0) is 0 Å². The molecule has 0 spiro atoms. The van der Waals surface area contributed by atoms with Crippen LogP contribution in [0, 0.1) is 20.8 Å². The lowest BCUT2D eigenvalue weighted by Gasteiger charge is -2.11. The minimum absolute atomic E-state index is 0.0985. The third-order valence-corrected chi connectivity index (χ3v) is 5.28. The first kappa shape index (κ1) is 19.9. The van der Waals surface area contributed by atoms with Gasteiger partial charge in [-0.05, 0) is 74.4 Å². The highest BCUT2D eigenvalue weighted by Crippen LogP contribution is 2.26. The Morgan fingerprint density at radius 1 is 0.933 bits per heavy atom. The smallest absolute Gasteiger partial charge is 0.295 e. The van der Waals surface area contributed by atoms with Gasteiger partial charge in [-0.1, -0.05) is 41.4 Å². The molecule has 6 heteroatoms. The van der Waals surface area contributed by atoms with Gasteiger partial charge in [0, 0.05) is 16.3 Å². The van der Waals surface area contributed by atoms with Crippen LogP contribution in [0.2, 0.25) is 5.02 Å². The van der Waals surface area contributed by atoms with Gasteiger partial charge in [-0.15, -0.1) is 5.10 Å². The Hall–Kier alpha value is -3.44. The summed E-state index contributed by atoms with van der Waals surface area (Å²) in [5.41, 5.74) is 5.72. The van der Waals surface area contributed by atoms with Crippen LogP contribution in [0.5, 0.6) is 0 Å². The van der Waals surface area contributed by atoms with Gasteiger partial charge in [0.2, 0.25) is 5.82 Å². The van der Waals surface area contributed by atoms with Crippen molar-refractivity contribution >= 4 is 23.2 Å². The number of halogens is 1. The number of hydrogen-bond donors (Lipinski definition) is 1. The van der Waals surface area contributed by atoms with E-state index >= 15 is 0 Å². The van der Waals surface area contributed by atoms with Gasteiger partial charge in [-0.3, -0.25) is 4.79 Å². The molecule has 0 saturated heterocycles. The Morgan fingerprint density at radius 3 is 2.33 bits per heavy atom. The standard InChI is InChI=1S/C24H21ClN4O/c1-15-7-13-20(14-8-15)26-24(30)22-27-23(18-9-11-19(25)12-10-18)29(28-22)21-6-4-5-16(2)17(21)3/h4-14H,1-3H3,(H,26,30). The number of aryl methyl sites for hydroxylation is 2. The molecule has 3 aromatic carbocycles. The quantitative estimate of drug-likeness (QED) is 0.459. The van der Waals surface area contributed by atoms with Gasteiger partial charge >= 0.3 is 0 Å². The first-order valence-corrected chi connectivity index (χ1v) is 9.98. The van der Waals surface area contributed by atoms with Crippen LogP contribution in [0.1, 0.15) is 27.3 Å².